The molecule has 0 N–H and O–H groups in total. The fourth-order valence-electron chi connectivity index (χ4n) is 6.06. The molecule has 0 unspecified atom stereocenters. The highest BCUT2D eigenvalue weighted by molar-refractivity contribution is 6.23. The fraction of sp³-hybridized carbons (Fsp3) is 0. The van der Waals surface area contributed by atoms with Gasteiger partial charge in [0.2, 0.25) is 0 Å². The number of benzene rings is 6. The Morgan fingerprint density at radius 2 is 1.12 bits per heavy atom. The van der Waals surface area contributed by atoms with Crippen molar-refractivity contribution < 1.29 is 13.6 Å². The van der Waals surface area contributed by atoms with Crippen LogP contribution >= 0.6 is 0 Å². The van der Waals surface area contributed by atoms with Crippen LogP contribution in [-0.4, -0.2) is 0 Å². The van der Waals surface area contributed by atoms with E-state index in [1.54, 1.807) is 0 Å². The van der Waals surface area contributed by atoms with E-state index in [1.807, 2.05) is 60.7 Å². The lowest BCUT2D eigenvalue weighted by atomic mass is 10.0. The van der Waals surface area contributed by atoms with Crippen LogP contribution in [0.4, 0.5) is 17.1 Å². The molecule has 0 radical (unpaired) electrons. The molecular formula is C36H21NO3. The van der Waals surface area contributed by atoms with Crippen LogP contribution in [0, 0.1) is 0 Å². The predicted octanol–water partition coefficient (Wildman–Crippen LogP) is 10.7. The van der Waals surface area contributed by atoms with Gasteiger partial charge in [-0.15, -0.1) is 0 Å². The molecule has 0 amide bonds. The smallest absolute Gasteiger partial charge is 0.151 e. The summed E-state index contributed by atoms with van der Waals surface area (Å²) in [6, 6.07) is 43.6. The van der Waals surface area contributed by atoms with Gasteiger partial charge in [0, 0.05) is 27.4 Å². The number of fused-ring (bicyclic) bond motifs is 9. The number of nitrogens with zero attached hydrogens (tertiary/aromatic N) is 1. The molecule has 2 aromatic heterocycles. The average molecular weight is 516 g/mol. The lowest BCUT2D eigenvalue weighted by molar-refractivity contribution is 0.477. The molecule has 8 aromatic rings. The third-order valence-electron chi connectivity index (χ3n) is 7.87. The number of para-hydroxylation sites is 6. The van der Waals surface area contributed by atoms with E-state index in [2.05, 4.69) is 71.6 Å². The first kappa shape index (κ1) is 21.5. The molecule has 0 atom stereocenters. The van der Waals surface area contributed by atoms with Gasteiger partial charge in [0.25, 0.3) is 0 Å². The summed E-state index contributed by atoms with van der Waals surface area (Å²) in [6.07, 6.45) is 0. The largest absolute Gasteiger partial charge is 0.456 e. The summed E-state index contributed by atoms with van der Waals surface area (Å²) in [5.41, 5.74) is 8.70. The summed E-state index contributed by atoms with van der Waals surface area (Å²) >= 11 is 0. The second-order valence-corrected chi connectivity index (χ2v) is 10.1. The minimum atomic E-state index is 0.838. The lowest BCUT2D eigenvalue weighted by Gasteiger charge is -2.32. The molecule has 4 nitrogen and oxygen atoms in total. The van der Waals surface area contributed by atoms with E-state index in [0.717, 1.165) is 83.6 Å². The number of hydrogen-bond acceptors (Lipinski definition) is 4. The van der Waals surface area contributed by atoms with E-state index < -0.39 is 0 Å². The zero-order valence-corrected chi connectivity index (χ0v) is 21.3. The summed E-state index contributed by atoms with van der Waals surface area (Å²) in [6.45, 7) is 0. The van der Waals surface area contributed by atoms with Crippen LogP contribution in [0.15, 0.2) is 136 Å². The Morgan fingerprint density at radius 1 is 0.450 bits per heavy atom. The van der Waals surface area contributed by atoms with Crippen LogP contribution in [0.5, 0.6) is 11.5 Å². The summed E-state index contributed by atoms with van der Waals surface area (Å²) in [5.74, 6) is 1.69. The average Bonchev–Trinajstić information content (AvgIpc) is 3.58. The Balaban J connectivity index is 1.21. The van der Waals surface area contributed by atoms with Crippen LogP contribution in [-0.2, 0) is 0 Å². The third kappa shape index (κ3) is 2.96. The minimum absolute atomic E-state index is 0.838. The molecular weight excluding hydrogens is 494 g/mol. The molecule has 0 saturated carbocycles. The first-order valence-electron chi connectivity index (χ1n) is 13.4. The Bertz CT molecular complexity index is 2210. The molecule has 40 heavy (non-hydrogen) atoms. The molecule has 188 valence electrons. The Kier molecular flexibility index (Phi) is 4.30. The number of furan rings is 2. The van der Waals surface area contributed by atoms with E-state index in [0.29, 0.717) is 0 Å². The number of ether oxygens (including phenoxy) is 1. The number of rotatable bonds is 2. The van der Waals surface area contributed by atoms with Crippen molar-refractivity contribution in [1.29, 1.82) is 0 Å². The van der Waals surface area contributed by atoms with Gasteiger partial charge >= 0.3 is 0 Å². The zero-order valence-electron chi connectivity index (χ0n) is 21.3. The second kappa shape index (κ2) is 8.01. The first-order valence-corrected chi connectivity index (χ1v) is 13.4. The standard InChI is InChI=1S/C36H21NO3/c1-4-13-30-27(8-1)34-33(38-30)21-20-26-25-10-7-9-24(35(25)40-36(26)34)22-16-18-23(19-17-22)37-28-11-2-5-14-31(28)39-32-15-6-3-12-29(32)37/h1-21H. The van der Waals surface area contributed by atoms with Crippen molar-refractivity contribution in [2.75, 3.05) is 4.90 Å². The zero-order chi connectivity index (χ0) is 26.2. The normalized spacial score (nSPS) is 12.7. The van der Waals surface area contributed by atoms with Crippen LogP contribution in [0.3, 0.4) is 0 Å². The van der Waals surface area contributed by atoms with Gasteiger partial charge in [-0.25, -0.2) is 0 Å². The SMILES string of the molecule is c1ccc2c(c1)Oc1ccccc1N2c1ccc(-c2cccc3c2oc2c3ccc3oc4ccccc4c32)cc1. The highest BCUT2D eigenvalue weighted by atomic mass is 16.5. The van der Waals surface area contributed by atoms with Gasteiger partial charge < -0.3 is 18.5 Å². The van der Waals surface area contributed by atoms with Gasteiger partial charge in [0.15, 0.2) is 11.5 Å². The Morgan fingerprint density at radius 3 is 1.93 bits per heavy atom. The molecule has 1 aliphatic heterocycles. The predicted molar refractivity (Wildman–Crippen MR) is 161 cm³/mol. The molecule has 0 spiro atoms. The van der Waals surface area contributed by atoms with Gasteiger partial charge in [0.1, 0.15) is 22.3 Å². The highest BCUT2D eigenvalue weighted by Gasteiger charge is 2.25. The number of hydrogen-bond donors (Lipinski definition) is 0. The van der Waals surface area contributed by atoms with Gasteiger partial charge in [0.05, 0.1) is 16.8 Å². The van der Waals surface area contributed by atoms with Gasteiger partial charge in [-0.2, -0.15) is 0 Å². The molecule has 0 bridgehead atoms. The fourth-order valence-corrected chi connectivity index (χ4v) is 6.06. The summed E-state index contributed by atoms with van der Waals surface area (Å²) in [5, 5.41) is 4.28. The van der Waals surface area contributed by atoms with Crippen LogP contribution < -0.4 is 9.64 Å². The molecule has 0 fully saturated rings. The van der Waals surface area contributed by atoms with Crippen LogP contribution in [0.2, 0.25) is 0 Å². The molecule has 1 aliphatic rings. The highest BCUT2D eigenvalue weighted by Crippen LogP contribution is 2.50. The van der Waals surface area contributed by atoms with E-state index in [-0.39, 0.29) is 0 Å². The molecule has 9 rings (SSSR count). The van der Waals surface area contributed by atoms with Crippen LogP contribution in [0.1, 0.15) is 0 Å². The maximum atomic E-state index is 6.67. The third-order valence-corrected chi connectivity index (χ3v) is 7.87. The maximum absolute atomic E-state index is 6.67. The summed E-state index contributed by atoms with van der Waals surface area (Å²) in [4.78, 5) is 2.25. The Labute approximate surface area is 229 Å². The van der Waals surface area contributed by atoms with Gasteiger partial charge in [-0.05, 0) is 60.2 Å². The lowest BCUT2D eigenvalue weighted by Crippen LogP contribution is -2.15. The van der Waals surface area contributed by atoms with Gasteiger partial charge in [-0.3, -0.25) is 0 Å². The van der Waals surface area contributed by atoms with Gasteiger partial charge in [-0.1, -0.05) is 72.8 Å². The van der Waals surface area contributed by atoms with Crippen molar-refractivity contribution >= 4 is 60.9 Å². The summed E-state index contributed by atoms with van der Waals surface area (Å²) < 4.78 is 19.0. The number of anilines is 3. The van der Waals surface area contributed by atoms with Crippen molar-refractivity contribution in [1.82, 2.24) is 0 Å². The van der Waals surface area contributed by atoms with Crippen LogP contribution in [0.25, 0.3) is 55.0 Å². The van der Waals surface area contributed by atoms with Crippen molar-refractivity contribution in [2.24, 2.45) is 0 Å². The van der Waals surface area contributed by atoms with Crippen molar-refractivity contribution in [2.45, 2.75) is 0 Å². The van der Waals surface area contributed by atoms with E-state index in [1.165, 1.54) is 0 Å². The molecule has 0 aliphatic carbocycles. The minimum Gasteiger partial charge on any atom is -0.456 e. The topological polar surface area (TPSA) is 38.8 Å². The van der Waals surface area contributed by atoms with Crippen molar-refractivity contribution in [3.63, 3.8) is 0 Å². The van der Waals surface area contributed by atoms with E-state index >= 15 is 0 Å². The Hall–Kier alpha value is -5.48. The van der Waals surface area contributed by atoms with Crippen molar-refractivity contribution in [3.8, 4) is 22.6 Å². The maximum Gasteiger partial charge on any atom is 0.151 e. The van der Waals surface area contributed by atoms with E-state index in [4.69, 9.17) is 13.6 Å². The monoisotopic (exact) mass is 515 g/mol. The molecule has 4 heteroatoms. The second-order valence-electron chi connectivity index (χ2n) is 10.1. The quantitative estimate of drug-likeness (QED) is 0.229. The first-order chi connectivity index (χ1) is 19.8. The van der Waals surface area contributed by atoms with Crippen molar-refractivity contribution in [3.05, 3.63) is 127 Å². The molecule has 3 heterocycles. The molecule has 0 saturated heterocycles. The summed E-state index contributed by atoms with van der Waals surface area (Å²) in [7, 11) is 0. The molecule has 6 aromatic carbocycles. The van der Waals surface area contributed by atoms with E-state index in [9.17, 15) is 0 Å².